The van der Waals surface area contributed by atoms with Gasteiger partial charge in [0.25, 0.3) is 11.8 Å². The van der Waals surface area contributed by atoms with Gasteiger partial charge in [0.2, 0.25) is 11.8 Å². The molecule has 1 saturated heterocycles. The molecule has 11 nitrogen and oxygen atoms in total. The first-order valence-corrected chi connectivity index (χ1v) is 11.9. The first-order chi connectivity index (χ1) is 17.4. The molecule has 2 aliphatic heterocycles. The number of fused-ring (bicyclic) bond motifs is 1. The number of hydrogen-bond acceptors (Lipinski definition) is 7. The Bertz CT molecular complexity index is 1400. The van der Waals surface area contributed by atoms with Crippen molar-refractivity contribution < 1.29 is 19.2 Å². The number of carbonyl (C=O) groups excluding carboxylic acids is 4. The highest BCUT2D eigenvalue weighted by Crippen LogP contribution is 2.41. The largest absolute Gasteiger partial charge is 0.341 e. The lowest BCUT2D eigenvalue weighted by atomic mass is 9.72. The lowest BCUT2D eigenvalue weighted by Gasteiger charge is -2.42. The number of pyridine rings is 1. The molecule has 182 valence electrons. The Morgan fingerprint density at radius 1 is 1.17 bits per heavy atom. The third kappa shape index (κ3) is 3.63. The van der Waals surface area contributed by atoms with Crippen LogP contribution >= 0.6 is 0 Å². The molecular formula is C25H23N7O4. The lowest BCUT2D eigenvalue weighted by molar-refractivity contribution is -0.136. The van der Waals surface area contributed by atoms with E-state index in [2.05, 4.69) is 25.9 Å². The van der Waals surface area contributed by atoms with Gasteiger partial charge in [0, 0.05) is 30.9 Å². The van der Waals surface area contributed by atoms with Gasteiger partial charge in [-0.1, -0.05) is 17.3 Å². The fraction of sp³-hybridized carbons (Fsp3) is 0.320. The number of nitrogens with zero attached hydrogens (tertiary/aromatic N) is 5. The van der Waals surface area contributed by atoms with E-state index in [1.54, 1.807) is 24.5 Å². The second-order valence-corrected chi connectivity index (χ2v) is 9.42. The highest BCUT2D eigenvalue weighted by molar-refractivity contribution is 6.05. The molecule has 4 heterocycles. The number of hydrogen-bond donors (Lipinski definition) is 2. The van der Waals surface area contributed by atoms with E-state index in [4.69, 9.17) is 0 Å². The summed E-state index contributed by atoms with van der Waals surface area (Å²) in [4.78, 5) is 55.5. The molecule has 36 heavy (non-hydrogen) atoms. The Labute approximate surface area is 205 Å². The molecule has 2 N–H and O–H groups in total. The normalized spacial score (nSPS) is 20.5. The molecule has 0 bridgehead atoms. The van der Waals surface area contributed by atoms with Crippen LogP contribution in [0.15, 0.2) is 48.9 Å². The van der Waals surface area contributed by atoms with Crippen molar-refractivity contribution in [1.29, 1.82) is 0 Å². The Morgan fingerprint density at radius 2 is 2.03 bits per heavy atom. The van der Waals surface area contributed by atoms with Crippen molar-refractivity contribution in [2.75, 3.05) is 0 Å². The quantitative estimate of drug-likeness (QED) is 0.518. The van der Waals surface area contributed by atoms with Gasteiger partial charge in [-0.25, -0.2) is 4.68 Å². The number of aromatic nitrogens is 4. The van der Waals surface area contributed by atoms with Crippen molar-refractivity contribution in [2.45, 2.75) is 50.2 Å². The van der Waals surface area contributed by atoms with Gasteiger partial charge in [0.05, 0.1) is 17.4 Å². The molecule has 4 amide bonds. The van der Waals surface area contributed by atoms with Crippen LogP contribution in [0.5, 0.6) is 0 Å². The molecule has 3 aliphatic rings. The molecule has 2 fully saturated rings. The average molecular weight is 486 g/mol. The van der Waals surface area contributed by atoms with Crippen LogP contribution in [0.2, 0.25) is 0 Å². The van der Waals surface area contributed by atoms with Gasteiger partial charge < -0.3 is 10.2 Å². The van der Waals surface area contributed by atoms with Gasteiger partial charge in [-0.15, -0.1) is 5.10 Å². The summed E-state index contributed by atoms with van der Waals surface area (Å²) in [5.41, 5.74) is 2.51. The zero-order valence-electron chi connectivity index (χ0n) is 19.3. The lowest BCUT2D eigenvalue weighted by Crippen LogP contribution is -2.52. The van der Waals surface area contributed by atoms with E-state index in [-0.39, 0.29) is 29.8 Å². The SMILES string of the molecule is O=C1CCC(N2Cc3ccc(-n4cc(C(=O)NC5(c6cccnc6)CCC5)nn4)cc3C2=O)C(=O)N1. The molecule has 0 spiro atoms. The van der Waals surface area contributed by atoms with Crippen LogP contribution < -0.4 is 10.6 Å². The smallest absolute Gasteiger partial charge is 0.274 e. The van der Waals surface area contributed by atoms with Crippen LogP contribution in [0.25, 0.3) is 5.69 Å². The number of benzene rings is 1. The zero-order chi connectivity index (χ0) is 24.9. The van der Waals surface area contributed by atoms with Gasteiger partial charge in [-0.3, -0.25) is 29.5 Å². The fourth-order valence-electron chi connectivity index (χ4n) is 5.12. The van der Waals surface area contributed by atoms with Gasteiger partial charge in [0.15, 0.2) is 5.69 Å². The maximum absolute atomic E-state index is 13.1. The minimum Gasteiger partial charge on any atom is -0.341 e. The summed E-state index contributed by atoms with van der Waals surface area (Å²) in [5, 5.41) is 13.6. The monoisotopic (exact) mass is 485 g/mol. The molecule has 1 atom stereocenters. The maximum atomic E-state index is 13.1. The molecule has 1 saturated carbocycles. The summed E-state index contributed by atoms with van der Waals surface area (Å²) < 4.78 is 1.45. The van der Waals surface area contributed by atoms with Crippen LogP contribution in [-0.4, -0.2) is 54.5 Å². The van der Waals surface area contributed by atoms with Crippen LogP contribution in [0.1, 0.15) is 64.1 Å². The summed E-state index contributed by atoms with van der Waals surface area (Å²) in [6.07, 6.45) is 8.19. The molecule has 1 aliphatic carbocycles. The standard InChI is InChI=1S/C25H23N7O4/c33-21-7-6-20(23(35)27-21)31-13-15-4-5-17(11-18(15)24(31)36)32-14-19(29-30-32)22(34)28-25(8-2-9-25)16-3-1-10-26-12-16/h1,3-5,10-12,14,20H,2,6-9,13H2,(H,28,34)(H,27,33,35). The van der Waals surface area contributed by atoms with Crippen LogP contribution in [-0.2, 0) is 21.7 Å². The third-order valence-electron chi connectivity index (χ3n) is 7.28. The van der Waals surface area contributed by atoms with E-state index in [0.29, 0.717) is 24.2 Å². The van der Waals surface area contributed by atoms with Crippen LogP contribution in [0, 0.1) is 0 Å². The predicted octanol–water partition coefficient (Wildman–Crippen LogP) is 1.23. The third-order valence-corrected chi connectivity index (χ3v) is 7.28. The second kappa shape index (κ2) is 8.36. The van der Waals surface area contributed by atoms with E-state index in [1.165, 1.54) is 15.8 Å². The Balaban J connectivity index is 1.20. The molecule has 2 aromatic heterocycles. The molecular weight excluding hydrogens is 462 g/mol. The minimum atomic E-state index is -0.675. The van der Waals surface area contributed by atoms with Gasteiger partial charge in [0.1, 0.15) is 6.04 Å². The van der Waals surface area contributed by atoms with E-state index >= 15 is 0 Å². The number of piperidine rings is 1. The molecule has 11 heteroatoms. The number of imide groups is 1. The van der Waals surface area contributed by atoms with Crippen molar-refractivity contribution in [3.8, 4) is 5.69 Å². The van der Waals surface area contributed by atoms with Crippen LogP contribution in [0.3, 0.4) is 0 Å². The topological polar surface area (TPSA) is 139 Å². The maximum Gasteiger partial charge on any atom is 0.274 e. The van der Waals surface area contributed by atoms with E-state index < -0.39 is 17.5 Å². The number of rotatable bonds is 5. The summed E-state index contributed by atoms with van der Waals surface area (Å²) in [6.45, 7) is 0.294. The Kier molecular flexibility index (Phi) is 5.13. The first kappa shape index (κ1) is 22.1. The highest BCUT2D eigenvalue weighted by atomic mass is 16.2. The predicted molar refractivity (Wildman–Crippen MR) is 125 cm³/mol. The highest BCUT2D eigenvalue weighted by Gasteiger charge is 2.41. The van der Waals surface area contributed by atoms with E-state index in [1.807, 2.05) is 18.2 Å². The van der Waals surface area contributed by atoms with Gasteiger partial charge in [-0.05, 0) is 55.0 Å². The van der Waals surface area contributed by atoms with Crippen molar-refractivity contribution >= 4 is 23.6 Å². The average Bonchev–Trinajstić information content (AvgIpc) is 3.47. The van der Waals surface area contributed by atoms with Gasteiger partial charge in [-0.2, -0.15) is 0 Å². The Morgan fingerprint density at radius 3 is 2.75 bits per heavy atom. The second-order valence-electron chi connectivity index (χ2n) is 9.42. The van der Waals surface area contributed by atoms with E-state index in [9.17, 15) is 19.2 Å². The minimum absolute atomic E-state index is 0.169. The van der Waals surface area contributed by atoms with Crippen molar-refractivity contribution in [3.05, 3.63) is 71.3 Å². The number of amides is 4. The first-order valence-electron chi connectivity index (χ1n) is 11.9. The zero-order valence-corrected chi connectivity index (χ0v) is 19.3. The Hall–Kier alpha value is -4.41. The summed E-state index contributed by atoms with van der Waals surface area (Å²) in [7, 11) is 0. The molecule has 0 radical (unpaired) electrons. The summed E-state index contributed by atoms with van der Waals surface area (Å²) in [6, 6.07) is 8.42. The molecule has 3 aromatic rings. The molecule has 1 aromatic carbocycles. The van der Waals surface area contributed by atoms with Crippen LogP contribution in [0.4, 0.5) is 0 Å². The molecule has 1 unspecified atom stereocenters. The van der Waals surface area contributed by atoms with Gasteiger partial charge >= 0.3 is 0 Å². The summed E-state index contributed by atoms with van der Waals surface area (Å²) in [5.74, 6) is -1.37. The number of carbonyl (C=O) groups is 4. The fourth-order valence-corrected chi connectivity index (χ4v) is 5.12. The van der Waals surface area contributed by atoms with Crippen molar-refractivity contribution in [3.63, 3.8) is 0 Å². The summed E-state index contributed by atoms with van der Waals surface area (Å²) >= 11 is 0. The van der Waals surface area contributed by atoms with Crippen molar-refractivity contribution in [1.82, 2.24) is 35.5 Å². The molecule has 6 rings (SSSR count). The van der Waals surface area contributed by atoms with Crippen molar-refractivity contribution in [2.24, 2.45) is 0 Å². The van der Waals surface area contributed by atoms with E-state index in [0.717, 1.165) is 30.4 Å². The number of nitrogens with one attached hydrogen (secondary N) is 2.